The summed E-state index contributed by atoms with van der Waals surface area (Å²) in [5.74, 6) is -2.41. The first-order chi connectivity index (χ1) is 19.9. The van der Waals surface area contributed by atoms with Crippen LogP contribution in [0, 0.1) is 12.7 Å². The van der Waals surface area contributed by atoms with Gasteiger partial charge in [0.1, 0.15) is 24.2 Å². The van der Waals surface area contributed by atoms with Gasteiger partial charge in [-0.2, -0.15) is 13.2 Å². The number of nitrogens with one attached hydrogen (secondary N) is 2. The van der Waals surface area contributed by atoms with Crippen molar-refractivity contribution in [2.24, 2.45) is 0 Å². The lowest BCUT2D eigenvalue weighted by atomic mass is 9.79. The number of aromatic nitrogens is 2. The zero-order valence-electron chi connectivity index (χ0n) is 22.8. The zero-order valence-corrected chi connectivity index (χ0v) is 22.8. The first-order valence-corrected chi connectivity index (χ1v) is 13.6. The van der Waals surface area contributed by atoms with Crippen LogP contribution in [-0.4, -0.2) is 57.4 Å². The van der Waals surface area contributed by atoms with Gasteiger partial charge in [0.15, 0.2) is 0 Å². The molecule has 4 atom stereocenters. The minimum absolute atomic E-state index is 0.00414. The number of piperidine rings is 1. The molecule has 2 aliphatic heterocycles. The van der Waals surface area contributed by atoms with Crippen molar-refractivity contribution in [3.8, 4) is 0 Å². The molecule has 4 heterocycles. The van der Waals surface area contributed by atoms with E-state index in [0.29, 0.717) is 40.4 Å². The number of carbonyl (C=O) groups is 3. The summed E-state index contributed by atoms with van der Waals surface area (Å²) in [5, 5.41) is 5.42. The highest BCUT2D eigenvalue weighted by Gasteiger charge is 2.52. The highest BCUT2D eigenvalue weighted by Crippen LogP contribution is 2.46. The Morgan fingerprint density at radius 1 is 1.17 bits per heavy atom. The maximum absolute atomic E-state index is 14.4. The standard InChI is InChI=1S/C30H27F4N5O3/c1-15-19(5-3-7-22(15)31)20-10-23(27(41)39(16(20)2)14-30(32,33)34)37-26(40)18-9-17-11-29(12-24(17)36-13-18)21-6-4-8-35-25(21)38-28(29)42/h3-9,13,16,20,23H,10-12,14H2,1-2H3,(H,37,40)(H,35,38,42)/t16-,20-,23+,29?/m1/s1. The van der Waals surface area contributed by atoms with Gasteiger partial charge in [-0.3, -0.25) is 19.4 Å². The monoisotopic (exact) mass is 581 g/mol. The minimum Gasteiger partial charge on any atom is -0.340 e. The fraction of sp³-hybridized carbons (Fsp3) is 0.367. The Labute approximate surface area is 238 Å². The van der Waals surface area contributed by atoms with Crippen LogP contribution in [0.3, 0.4) is 0 Å². The molecule has 1 aromatic carbocycles. The Morgan fingerprint density at radius 3 is 2.71 bits per heavy atom. The molecule has 3 aromatic rings. The highest BCUT2D eigenvalue weighted by molar-refractivity contribution is 6.06. The Morgan fingerprint density at radius 2 is 1.95 bits per heavy atom. The third kappa shape index (κ3) is 4.58. The van der Waals surface area contributed by atoms with Gasteiger partial charge >= 0.3 is 6.18 Å². The van der Waals surface area contributed by atoms with Crippen molar-refractivity contribution in [2.45, 2.75) is 62.7 Å². The molecule has 1 unspecified atom stereocenters. The van der Waals surface area contributed by atoms with Crippen LogP contribution in [-0.2, 0) is 27.8 Å². The first kappa shape index (κ1) is 27.8. The second-order valence-corrected chi connectivity index (χ2v) is 11.3. The number of amides is 3. The molecule has 3 amide bonds. The molecule has 1 fully saturated rings. The molecule has 3 aliphatic rings. The molecule has 6 rings (SSSR count). The summed E-state index contributed by atoms with van der Waals surface area (Å²) in [4.78, 5) is 49.0. The Kier molecular flexibility index (Phi) is 6.54. The van der Waals surface area contributed by atoms with E-state index < -0.39 is 53.8 Å². The smallest absolute Gasteiger partial charge is 0.340 e. The largest absolute Gasteiger partial charge is 0.406 e. The average Bonchev–Trinajstić information content (AvgIpc) is 3.46. The maximum atomic E-state index is 14.4. The molecule has 2 aromatic heterocycles. The number of anilines is 1. The lowest BCUT2D eigenvalue weighted by Gasteiger charge is -2.43. The number of hydrogen-bond donors (Lipinski definition) is 2. The highest BCUT2D eigenvalue weighted by atomic mass is 19.4. The summed E-state index contributed by atoms with van der Waals surface area (Å²) in [6.45, 7) is 1.55. The van der Waals surface area contributed by atoms with Crippen LogP contribution in [0.5, 0.6) is 0 Å². The molecule has 12 heteroatoms. The van der Waals surface area contributed by atoms with Crippen molar-refractivity contribution in [3.63, 3.8) is 0 Å². The molecule has 0 radical (unpaired) electrons. The lowest BCUT2D eigenvalue weighted by molar-refractivity contribution is -0.170. The van der Waals surface area contributed by atoms with Crippen LogP contribution < -0.4 is 10.6 Å². The number of fused-ring (bicyclic) bond motifs is 3. The second kappa shape index (κ2) is 9.88. The van der Waals surface area contributed by atoms with Crippen LogP contribution in [0.4, 0.5) is 23.4 Å². The van der Waals surface area contributed by atoms with Gasteiger partial charge in [-0.1, -0.05) is 18.2 Å². The lowest BCUT2D eigenvalue weighted by Crippen LogP contribution is -2.59. The van der Waals surface area contributed by atoms with Crippen molar-refractivity contribution in [2.75, 3.05) is 11.9 Å². The quantitative estimate of drug-likeness (QED) is 0.454. The molecule has 0 saturated carbocycles. The number of hydrogen-bond acceptors (Lipinski definition) is 5. The van der Waals surface area contributed by atoms with Gasteiger partial charge in [-0.05, 0) is 61.6 Å². The van der Waals surface area contributed by atoms with Crippen molar-refractivity contribution in [3.05, 3.63) is 88.1 Å². The zero-order chi connectivity index (χ0) is 30.0. The van der Waals surface area contributed by atoms with Gasteiger partial charge in [0, 0.05) is 42.0 Å². The number of alkyl halides is 3. The molecular weight excluding hydrogens is 554 g/mol. The number of nitrogens with zero attached hydrogens (tertiary/aromatic N) is 3. The van der Waals surface area contributed by atoms with Crippen molar-refractivity contribution in [1.29, 1.82) is 0 Å². The number of halogens is 4. The van der Waals surface area contributed by atoms with Gasteiger partial charge in [0.05, 0.1) is 11.0 Å². The van der Waals surface area contributed by atoms with E-state index in [9.17, 15) is 31.9 Å². The van der Waals surface area contributed by atoms with E-state index in [0.717, 1.165) is 5.56 Å². The van der Waals surface area contributed by atoms with Crippen LogP contribution in [0.2, 0.25) is 0 Å². The Hall–Kier alpha value is -4.35. The topological polar surface area (TPSA) is 104 Å². The molecule has 1 aliphatic carbocycles. The minimum atomic E-state index is -4.67. The maximum Gasteiger partial charge on any atom is 0.406 e. The van der Waals surface area contributed by atoms with Crippen LogP contribution in [0.25, 0.3) is 0 Å². The fourth-order valence-corrected chi connectivity index (χ4v) is 6.60. The molecule has 2 N–H and O–H groups in total. The molecule has 8 nitrogen and oxygen atoms in total. The summed E-state index contributed by atoms with van der Waals surface area (Å²) in [6.07, 6.45) is -1.13. The van der Waals surface area contributed by atoms with Crippen LogP contribution in [0.15, 0.2) is 48.8 Å². The molecule has 218 valence electrons. The van der Waals surface area contributed by atoms with E-state index in [1.54, 1.807) is 24.4 Å². The third-order valence-corrected chi connectivity index (χ3v) is 8.78. The van der Waals surface area contributed by atoms with Gasteiger partial charge in [-0.25, -0.2) is 9.37 Å². The predicted molar refractivity (Wildman–Crippen MR) is 143 cm³/mol. The predicted octanol–water partition coefficient (Wildman–Crippen LogP) is 3.98. The summed E-state index contributed by atoms with van der Waals surface area (Å²) in [7, 11) is 0. The first-order valence-electron chi connectivity index (χ1n) is 13.6. The average molecular weight is 582 g/mol. The van der Waals surface area contributed by atoms with E-state index in [4.69, 9.17) is 0 Å². The van der Waals surface area contributed by atoms with Gasteiger partial charge in [-0.15, -0.1) is 0 Å². The van der Waals surface area contributed by atoms with Crippen LogP contribution >= 0.6 is 0 Å². The van der Waals surface area contributed by atoms with Gasteiger partial charge in [0.2, 0.25) is 11.8 Å². The Balaban J connectivity index is 1.27. The second-order valence-electron chi connectivity index (χ2n) is 11.3. The van der Waals surface area contributed by atoms with E-state index in [1.165, 1.54) is 32.2 Å². The van der Waals surface area contributed by atoms with Crippen molar-refractivity contribution < 1.29 is 31.9 Å². The summed E-state index contributed by atoms with van der Waals surface area (Å²) in [6, 6.07) is 7.39. The van der Waals surface area contributed by atoms with E-state index in [1.807, 2.05) is 6.07 Å². The molecule has 42 heavy (non-hydrogen) atoms. The number of pyridine rings is 2. The normalized spacial score (nSPS) is 24.9. The summed E-state index contributed by atoms with van der Waals surface area (Å²) >= 11 is 0. The van der Waals surface area contributed by atoms with Crippen molar-refractivity contribution in [1.82, 2.24) is 20.2 Å². The number of benzene rings is 1. The van der Waals surface area contributed by atoms with Gasteiger partial charge in [0.25, 0.3) is 5.91 Å². The number of likely N-dealkylation sites (tertiary alicyclic amines) is 1. The SMILES string of the molecule is Cc1c(F)cccc1[C@@H]1C[C@H](NC(=O)c2cnc3c(c2)CC2(C3)C(=O)Nc3ncccc32)C(=O)N(CC(F)(F)F)[C@@H]1C. The molecule has 0 bridgehead atoms. The van der Waals surface area contributed by atoms with Gasteiger partial charge < -0.3 is 15.5 Å². The number of carbonyl (C=O) groups excluding carboxylic acids is 3. The van der Waals surface area contributed by atoms with E-state index in [2.05, 4.69) is 20.6 Å². The molecule has 1 saturated heterocycles. The molecular formula is C30H27F4N5O3. The number of rotatable bonds is 4. The third-order valence-electron chi connectivity index (χ3n) is 8.78. The van der Waals surface area contributed by atoms with Crippen molar-refractivity contribution >= 4 is 23.5 Å². The van der Waals surface area contributed by atoms with Crippen LogP contribution in [0.1, 0.15) is 57.6 Å². The summed E-state index contributed by atoms with van der Waals surface area (Å²) < 4.78 is 54.9. The Bertz CT molecular complexity index is 1630. The summed E-state index contributed by atoms with van der Waals surface area (Å²) in [5.41, 5.74) is 2.08. The van der Waals surface area contributed by atoms with E-state index in [-0.39, 0.29) is 23.5 Å². The fourth-order valence-electron chi connectivity index (χ4n) is 6.60. The molecule has 1 spiro atoms. The van der Waals surface area contributed by atoms with E-state index >= 15 is 0 Å².